The minimum absolute atomic E-state index is 0.184. The van der Waals surface area contributed by atoms with Crippen molar-refractivity contribution in [2.75, 3.05) is 0 Å². The molecule has 0 aliphatic heterocycles. The van der Waals surface area contributed by atoms with Crippen LogP contribution in [0.3, 0.4) is 0 Å². The summed E-state index contributed by atoms with van der Waals surface area (Å²) in [6.45, 7) is 9.68. The Morgan fingerprint density at radius 2 is 2.00 bits per heavy atom. The van der Waals surface area contributed by atoms with Crippen LogP contribution in [0.2, 0.25) is 0 Å². The van der Waals surface area contributed by atoms with Crippen LogP contribution in [0.4, 0.5) is 0 Å². The largest absolute Gasteiger partial charge is 0.389 e. The van der Waals surface area contributed by atoms with Gasteiger partial charge in [0, 0.05) is 0 Å². The van der Waals surface area contributed by atoms with Crippen LogP contribution >= 0.6 is 0 Å². The highest BCUT2D eigenvalue weighted by Gasteiger charge is 2.68. The molecule has 0 aromatic carbocycles. The normalized spacial score (nSPS) is 53.7. The third kappa shape index (κ3) is 1.11. The lowest BCUT2D eigenvalue weighted by molar-refractivity contribution is 0.0843. The van der Waals surface area contributed by atoms with Gasteiger partial charge in [0.05, 0.1) is 6.10 Å². The predicted molar refractivity (Wildman–Crippen MR) is 66.0 cm³/mol. The van der Waals surface area contributed by atoms with Gasteiger partial charge in [0.15, 0.2) is 0 Å². The van der Waals surface area contributed by atoms with Gasteiger partial charge < -0.3 is 5.11 Å². The minimum Gasteiger partial charge on any atom is -0.389 e. The summed E-state index contributed by atoms with van der Waals surface area (Å²) in [5.74, 6) is 2.44. The Morgan fingerprint density at radius 3 is 2.69 bits per heavy atom. The van der Waals surface area contributed by atoms with Crippen molar-refractivity contribution in [2.45, 2.75) is 53.1 Å². The van der Waals surface area contributed by atoms with Crippen LogP contribution in [0.25, 0.3) is 0 Å². The summed E-state index contributed by atoms with van der Waals surface area (Å²) in [7, 11) is 0. The number of aliphatic hydroxyl groups is 1. The van der Waals surface area contributed by atoms with Gasteiger partial charge in [-0.3, -0.25) is 0 Å². The van der Waals surface area contributed by atoms with E-state index in [1.54, 1.807) is 5.57 Å². The monoisotopic (exact) mass is 220 g/mol. The van der Waals surface area contributed by atoms with Gasteiger partial charge in [-0.05, 0) is 47.8 Å². The first kappa shape index (κ1) is 10.8. The van der Waals surface area contributed by atoms with Crippen molar-refractivity contribution in [2.24, 2.45) is 28.6 Å². The first-order valence-corrected chi connectivity index (χ1v) is 6.77. The molecular weight excluding hydrogens is 196 g/mol. The fourth-order valence-electron chi connectivity index (χ4n) is 5.05. The van der Waals surface area contributed by atoms with Crippen LogP contribution in [-0.4, -0.2) is 11.2 Å². The van der Waals surface area contributed by atoms with Crippen LogP contribution in [0.15, 0.2) is 11.6 Å². The highest BCUT2D eigenvalue weighted by atomic mass is 16.3. The molecule has 2 fully saturated rings. The molecule has 0 amide bonds. The second-order valence-electron chi connectivity index (χ2n) is 7.12. The quantitative estimate of drug-likeness (QED) is 0.620. The molecule has 1 N–H and O–H groups in total. The topological polar surface area (TPSA) is 20.2 Å². The van der Waals surface area contributed by atoms with Crippen molar-refractivity contribution >= 4 is 0 Å². The van der Waals surface area contributed by atoms with Crippen molar-refractivity contribution in [1.82, 2.24) is 0 Å². The van der Waals surface area contributed by atoms with E-state index in [1.807, 2.05) is 0 Å². The Labute approximate surface area is 98.9 Å². The average Bonchev–Trinajstić information content (AvgIpc) is 2.73. The first-order valence-electron chi connectivity index (χ1n) is 6.77. The Morgan fingerprint density at radius 1 is 1.31 bits per heavy atom. The lowest BCUT2D eigenvalue weighted by Crippen LogP contribution is -2.39. The van der Waals surface area contributed by atoms with Crippen molar-refractivity contribution < 1.29 is 5.11 Å². The Hall–Kier alpha value is -0.300. The number of allylic oxidation sites excluding steroid dienone is 1. The molecule has 0 heterocycles. The zero-order valence-corrected chi connectivity index (χ0v) is 11.0. The molecule has 0 aromatic heterocycles. The van der Waals surface area contributed by atoms with Gasteiger partial charge >= 0.3 is 0 Å². The molecule has 0 radical (unpaired) electrons. The minimum atomic E-state index is -0.184. The number of hydrogen-bond donors (Lipinski definition) is 1. The Balaban J connectivity index is 2.03. The van der Waals surface area contributed by atoms with E-state index in [1.165, 1.54) is 12.8 Å². The predicted octanol–water partition coefficient (Wildman–Crippen LogP) is 3.39. The third-order valence-corrected chi connectivity index (χ3v) is 6.13. The number of aliphatic hydroxyl groups excluding tert-OH is 1. The molecule has 0 saturated heterocycles. The fraction of sp³-hybridized carbons (Fsp3) is 0.867. The molecule has 3 rings (SSSR count). The van der Waals surface area contributed by atoms with Gasteiger partial charge in [0.25, 0.3) is 0 Å². The second kappa shape index (κ2) is 2.93. The standard InChI is InChI=1S/C15H24O/c1-9-7-11(16)8-10-5-6-12-13(14(12,2)3)15(9,10)4/h8-9,11-13,16H,5-7H2,1-4H3/t9-,11+,12-,13+,15+/m1/s1. The van der Waals surface area contributed by atoms with E-state index in [0.717, 1.165) is 18.3 Å². The van der Waals surface area contributed by atoms with Crippen LogP contribution in [0.5, 0.6) is 0 Å². The third-order valence-electron chi connectivity index (χ3n) is 6.13. The van der Waals surface area contributed by atoms with Crippen LogP contribution < -0.4 is 0 Å². The van der Waals surface area contributed by atoms with E-state index < -0.39 is 0 Å². The van der Waals surface area contributed by atoms with Crippen LogP contribution in [-0.2, 0) is 0 Å². The highest BCUT2D eigenvalue weighted by molar-refractivity contribution is 5.32. The van der Waals surface area contributed by atoms with E-state index in [0.29, 0.717) is 16.7 Å². The zero-order valence-electron chi connectivity index (χ0n) is 11.0. The summed E-state index contributed by atoms with van der Waals surface area (Å²) >= 11 is 0. The maximum absolute atomic E-state index is 9.89. The molecule has 0 spiro atoms. The first-order chi connectivity index (χ1) is 7.38. The van der Waals surface area contributed by atoms with Gasteiger partial charge in [-0.25, -0.2) is 0 Å². The summed E-state index contributed by atoms with van der Waals surface area (Å²) in [4.78, 5) is 0. The van der Waals surface area contributed by atoms with Gasteiger partial charge in [0.2, 0.25) is 0 Å². The molecule has 0 bridgehead atoms. The SMILES string of the molecule is C[C@@H]1C[C@H](O)C=C2CC[C@@H]3[C@@H](C3(C)C)[C@]21C. The van der Waals surface area contributed by atoms with Crippen LogP contribution in [0.1, 0.15) is 47.0 Å². The molecule has 0 unspecified atom stereocenters. The second-order valence-corrected chi connectivity index (χ2v) is 7.12. The molecule has 1 heteroatoms. The maximum atomic E-state index is 9.89. The number of rotatable bonds is 0. The maximum Gasteiger partial charge on any atom is 0.0726 e. The fourth-order valence-corrected chi connectivity index (χ4v) is 5.05. The summed E-state index contributed by atoms with van der Waals surface area (Å²) < 4.78 is 0. The molecule has 2 saturated carbocycles. The summed E-state index contributed by atoms with van der Waals surface area (Å²) in [6.07, 6.45) is 5.52. The Bertz CT molecular complexity index is 354. The molecule has 3 aliphatic carbocycles. The van der Waals surface area contributed by atoms with E-state index in [2.05, 4.69) is 33.8 Å². The molecule has 0 aromatic rings. The molecule has 90 valence electrons. The van der Waals surface area contributed by atoms with E-state index >= 15 is 0 Å². The smallest absolute Gasteiger partial charge is 0.0726 e. The lowest BCUT2D eigenvalue weighted by Gasteiger charge is -2.46. The van der Waals surface area contributed by atoms with Gasteiger partial charge in [-0.1, -0.05) is 39.3 Å². The van der Waals surface area contributed by atoms with Gasteiger partial charge in [0.1, 0.15) is 0 Å². The van der Waals surface area contributed by atoms with E-state index in [4.69, 9.17) is 0 Å². The summed E-state index contributed by atoms with van der Waals surface area (Å²) in [6, 6.07) is 0. The van der Waals surface area contributed by atoms with Crippen LogP contribution in [0, 0.1) is 28.6 Å². The van der Waals surface area contributed by atoms with Gasteiger partial charge in [-0.2, -0.15) is 0 Å². The number of fused-ring (bicyclic) bond motifs is 3. The Kier molecular flexibility index (Phi) is 1.98. The van der Waals surface area contributed by atoms with Gasteiger partial charge in [-0.15, -0.1) is 0 Å². The summed E-state index contributed by atoms with van der Waals surface area (Å²) in [5, 5.41) is 9.89. The van der Waals surface area contributed by atoms with Crippen molar-refractivity contribution in [3.63, 3.8) is 0 Å². The van der Waals surface area contributed by atoms with E-state index in [9.17, 15) is 5.11 Å². The molecule has 5 atom stereocenters. The van der Waals surface area contributed by atoms with Crippen molar-refractivity contribution in [1.29, 1.82) is 0 Å². The molecule has 16 heavy (non-hydrogen) atoms. The zero-order chi connectivity index (χ0) is 11.7. The summed E-state index contributed by atoms with van der Waals surface area (Å²) in [5.41, 5.74) is 2.48. The lowest BCUT2D eigenvalue weighted by atomic mass is 9.59. The average molecular weight is 220 g/mol. The number of hydrogen-bond acceptors (Lipinski definition) is 1. The molecule has 1 nitrogen and oxygen atoms in total. The molecular formula is C15H24O. The highest BCUT2D eigenvalue weighted by Crippen LogP contribution is 2.74. The molecule has 3 aliphatic rings. The van der Waals surface area contributed by atoms with Crippen molar-refractivity contribution in [3.8, 4) is 0 Å². The van der Waals surface area contributed by atoms with Crippen molar-refractivity contribution in [3.05, 3.63) is 11.6 Å². The van der Waals surface area contributed by atoms with E-state index in [-0.39, 0.29) is 6.10 Å².